The number of rotatable bonds is 19. The fourth-order valence-electron chi connectivity index (χ4n) is 5.02. The molecule has 0 fully saturated rings. The number of primary amides is 1. The molecular formula is C32H49N9O5. The van der Waals surface area contributed by atoms with Crippen LogP contribution in [-0.4, -0.2) is 72.0 Å². The Kier molecular flexibility index (Phi) is 15.5. The zero-order valence-corrected chi connectivity index (χ0v) is 26.6. The highest BCUT2D eigenvalue weighted by Gasteiger charge is 2.31. The summed E-state index contributed by atoms with van der Waals surface area (Å²) in [5, 5.41) is 18.2. The lowest BCUT2D eigenvalue weighted by Crippen LogP contribution is -2.58. The highest BCUT2D eigenvalue weighted by atomic mass is 16.3. The Morgan fingerprint density at radius 3 is 1.91 bits per heavy atom. The number of phenolic OH excluding ortho intramolecular Hbond substituents is 1. The van der Waals surface area contributed by atoms with Crippen molar-refractivity contribution in [1.82, 2.24) is 16.0 Å². The first-order valence-electron chi connectivity index (χ1n) is 15.4. The highest BCUT2D eigenvalue weighted by Crippen LogP contribution is 2.22. The van der Waals surface area contributed by atoms with E-state index in [1.807, 2.05) is 30.3 Å². The second kappa shape index (κ2) is 19.0. The van der Waals surface area contributed by atoms with Crippen molar-refractivity contribution >= 4 is 29.6 Å². The van der Waals surface area contributed by atoms with E-state index in [1.54, 1.807) is 26.0 Å². The summed E-state index contributed by atoms with van der Waals surface area (Å²) < 4.78 is 0. The van der Waals surface area contributed by atoms with E-state index in [0.29, 0.717) is 48.9 Å². The molecule has 0 spiro atoms. The van der Waals surface area contributed by atoms with E-state index in [9.17, 15) is 24.3 Å². The number of nitrogens with two attached hydrogens (primary N) is 5. The summed E-state index contributed by atoms with van der Waals surface area (Å²) in [7, 11) is 0. The van der Waals surface area contributed by atoms with E-state index in [4.69, 9.17) is 28.7 Å². The van der Waals surface area contributed by atoms with Crippen molar-refractivity contribution in [2.75, 3.05) is 13.1 Å². The molecule has 252 valence electrons. The van der Waals surface area contributed by atoms with E-state index < -0.39 is 47.8 Å². The molecule has 2 aromatic rings. The fraction of sp³-hybridized carbons (Fsp3) is 0.469. The topological polar surface area (TPSA) is 267 Å². The van der Waals surface area contributed by atoms with Crippen molar-refractivity contribution in [2.45, 2.75) is 83.0 Å². The number of carbonyl (C=O) groups excluding carboxylic acids is 4. The summed E-state index contributed by atoms with van der Waals surface area (Å²) in [6, 6.07) is 8.05. The van der Waals surface area contributed by atoms with Crippen LogP contribution in [0.2, 0.25) is 0 Å². The van der Waals surface area contributed by atoms with Crippen molar-refractivity contribution < 1.29 is 24.3 Å². The number of amides is 4. The Bertz CT molecular complexity index is 1330. The number of nitrogens with one attached hydrogen (secondary N) is 3. The van der Waals surface area contributed by atoms with Crippen LogP contribution in [0.15, 0.2) is 47.5 Å². The second-order valence-corrected chi connectivity index (χ2v) is 11.4. The molecule has 0 saturated carbocycles. The van der Waals surface area contributed by atoms with Gasteiger partial charge >= 0.3 is 0 Å². The molecule has 14 N–H and O–H groups in total. The molecule has 14 heteroatoms. The van der Waals surface area contributed by atoms with Gasteiger partial charge in [0.1, 0.15) is 23.9 Å². The third kappa shape index (κ3) is 12.7. The number of carbonyl (C=O) groups is 4. The first kappa shape index (κ1) is 37.5. The lowest BCUT2D eigenvalue weighted by atomic mass is 9.94. The fourth-order valence-corrected chi connectivity index (χ4v) is 5.02. The van der Waals surface area contributed by atoms with Crippen LogP contribution in [0.4, 0.5) is 0 Å². The minimum atomic E-state index is -1.18. The Balaban J connectivity index is 2.37. The standard InChI is InChI=1S/C32H49N9O5/c1-19-15-22(42)16-20(2)23(19)18-27(31(46)39-25(28(35)43)12-8-14-38-32(36)37)41-30(45)26(17-21-9-4-3-5-10-21)40-29(44)24(34)11-6-7-13-33/h3-5,9-10,15-16,24-27,42H,6-8,11-14,17-18,33-34H2,1-2H3,(H2,35,43)(H,39,46)(H,40,44)(H,41,45)(H4,36,37,38)/t24-,25+,26-,27-/m0/s1. The number of nitrogens with zero attached hydrogens (tertiary/aromatic N) is 1. The zero-order chi connectivity index (χ0) is 34.2. The zero-order valence-electron chi connectivity index (χ0n) is 26.6. The Morgan fingerprint density at radius 2 is 1.35 bits per heavy atom. The molecule has 0 aromatic heterocycles. The lowest BCUT2D eigenvalue weighted by molar-refractivity contribution is -0.133. The van der Waals surface area contributed by atoms with Crippen molar-refractivity contribution in [1.29, 1.82) is 0 Å². The molecule has 0 unspecified atom stereocenters. The van der Waals surface area contributed by atoms with Gasteiger partial charge in [0.05, 0.1) is 6.04 Å². The van der Waals surface area contributed by atoms with Crippen LogP contribution in [-0.2, 0) is 32.0 Å². The molecule has 0 bridgehead atoms. The summed E-state index contributed by atoms with van der Waals surface area (Å²) >= 11 is 0. The molecule has 0 aliphatic heterocycles. The van der Waals surface area contributed by atoms with Gasteiger partial charge in [-0.25, -0.2) is 0 Å². The monoisotopic (exact) mass is 639 g/mol. The highest BCUT2D eigenvalue weighted by molar-refractivity contribution is 5.95. The molecule has 0 aliphatic rings. The van der Waals surface area contributed by atoms with Crippen molar-refractivity contribution in [3.8, 4) is 5.75 Å². The molecule has 4 atom stereocenters. The predicted octanol–water partition coefficient (Wildman–Crippen LogP) is -0.756. The number of aromatic hydroxyl groups is 1. The van der Waals surface area contributed by atoms with Crippen LogP contribution in [0.25, 0.3) is 0 Å². The summed E-state index contributed by atoms with van der Waals surface area (Å²) in [5.41, 5.74) is 30.9. The maximum atomic E-state index is 13.9. The van der Waals surface area contributed by atoms with Gasteiger partial charge in [0.25, 0.3) is 0 Å². The van der Waals surface area contributed by atoms with Gasteiger partial charge in [0.15, 0.2) is 5.96 Å². The van der Waals surface area contributed by atoms with Crippen LogP contribution < -0.4 is 44.6 Å². The van der Waals surface area contributed by atoms with E-state index in [2.05, 4.69) is 20.9 Å². The molecular weight excluding hydrogens is 590 g/mol. The largest absolute Gasteiger partial charge is 0.508 e. The van der Waals surface area contributed by atoms with Crippen LogP contribution in [0.5, 0.6) is 5.75 Å². The number of guanidine groups is 1. The van der Waals surface area contributed by atoms with Gasteiger partial charge in [-0.05, 0) is 80.5 Å². The summed E-state index contributed by atoms with van der Waals surface area (Å²) in [6.45, 7) is 4.26. The molecule has 4 amide bonds. The van der Waals surface area contributed by atoms with Crippen molar-refractivity contribution in [2.24, 2.45) is 33.7 Å². The normalized spacial score (nSPS) is 13.5. The number of aliphatic imine (C=N–C) groups is 1. The SMILES string of the molecule is Cc1cc(O)cc(C)c1C[C@H](NC(=O)[C@H](Cc1ccccc1)NC(=O)[C@@H](N)CCCCN)C(=O)N[C@H](CCCN=C(N)N)C(N)=O. The second-order valence-electron chi connectivity index (χ2n) is 11.4. The predicted molar refractivity (Wildman–Crippen MR) is 177 cm³/mol. The van der Waals surface area contributed by atoms with Crippen LogP contribution in [0, 0.1) is 13.8 Å². The average molecular weight is 640 g/mol. The Labute approximate surface area is 269 Å². The Morgan fingerprint density at radius 1 is 0.783 bits per heavy atom. The van der Waals surface area contributed by atoms with Crippen molar-refractivity contribution in [3.63, 3.8) is 0 Å². The third-order valence-electron chi connectivity index (χ3n) is 7.55. The van der Waals surface area contributed by atoms with Gasteiger partial charge in [-0.1, -0.05) is 36.8 Å². The van der Waals surface area contributed by atoms with Gasteiger partial charge in [0, 0.05) is 19.4 Å². The van der Waals surface area contributed by atoms with E-state index >= 15 is 0 Å². The number of hydrogen-bond donors (Lipinski definition) is 9. The quantitative estimate of drug-likeness (QED) is 0.0530. The molecule has 2 aromatic carbocycles. The van der Waals surface area contributed by atoms with E-state index in [-0.39, 0.29) is 37.5 Å². The van der Waals surface area contributed by atoms with E-state index in [0.717, 1.165) is 5.56 Å². The first-order chi connectivity index (χ1) is 21.8. The lowest BCUT2D eigenvalue weighted by Gasteiger charge is -2.26. The minimum Gasteiger partial charge on any atom is -0.508 e. The van der Waals surface area contributed by atoms with Gasteiger partial charge in [-0.15, -0.1) is 0 Å². The van der Waals surface area contributed by atoms with Gasteiger partial charge < -0.3 is 49.7 Å². The molecule has 0 heterocycles. The number of phenols is 1. The van der Waals surface area contributed by atoms with Crippen LogP contribution in [0.1, 0.15) is 54.4 Å². The van der Waals surface area contributed by atoms with Crippen molar-refractivity contribution in [3.05, 3.63) is 64.7 Å². The third-order valence-corrected chi connectivity index (χ3v) is 7.55. The molecule has 2 rings (SSSR count). The maximum Gasteiger partial charge on any atom is 0.243 e. The molecule has 0 aliphatic carbocycles. The van der Waals surface area contributed by atoms with Gasteiger partial charge in [-0.3, -0.25) is 24.2 Å². The van der Waals surface area contributed by atoms with Gasteiger partial charge in [0.2, 0.25) is 23.6 Å². The number of benzene rings is 2. The van der Waals surface area contributed by atoms with Crippen LogP contribution in [0.3, 0.4) is 0 Å². The first-order valence-corrected chi connectivity index (χ1v) is 15.4. The molecule has 0 radical (unpaired) electrons. The molecule has 0 saturated heterocycles. The van der Waals surface area contributed by atoms with E-state index in [1.165, 1.54) is 0 Å². The Hall–Kier alpha value is -4.69. The van der Waals surface area contributed by atoms with Crippen LogP contribution >= 0.6 is 0 Å². The van der Waals surface area contributed by atoms with Gasteiger partial charge in [-0.2, -0.15) is 0 Å². The smallest absolute Gasteiger partial charge is 0.243 e. The number of aryl methyl sites for hydroxylation is 2. The molecule has 46 heavy (non-hydrogen) atoms. The summed E-state index contributed by atoms with van der Waals surface area (Å²) in [4.78, 5) is 56.7. The number of unbranched alkanes of at least 4 members (excludes halogenated alkanes) is 1. The average Bonchev–Trinajstić information content (AvgIpc) is 2.99. The minimum absolute atomic E-state index is 0.0274. The molecule has 14 nitrogen and oxygen atoms in total. The maximum absolute atomic E-state index is 13.9. The summed E-state index contributed by atoms with van der Waals surface area (Å²) in [6.07, 6.45) is 2.43. The summed E-state index contributed by atoms with van der Waals surface area (Å²) in [5.74, 6) is -2.59. The number of hydrogen-bond acceptors (Lipinski definition) is 8.